The molecule has 0 saturated heterocycles. The first-order chi connectivity index (χ1) is 5.75. The fourth-order valence-corrected chi connectivity index (χ4v) is 1.10. The van der Waals surface area contributed by atoms with Crippen molar-refractivity contribution in [1.82, 2.24) is 5.32 Å². The molecular formula is C10H16BrNO. The first kappa shape index (κ1) is 12.6. The standard InChI is InChI=1S/C10H15NO.BrH/c1-8(11-2)10(12)9-6-4-3-5-7-9;/h3-8,10-12H,1-2H3;1H/t8-,10-;/m0./s1. The second-order valence-corrected chi connectivity index (χ2v) is 2.93. The minimum Gasteiger partial charge on any atom is -0.387 e. The van der Waals surface area contributed by atoms with Gasteiger partial charge in [0.2, 0.25) is 0 Å². The van der Waals surface area contributed by atoms with E-state index in [2.05, 4.69) is 5.32 Å². The van der Waals surface area contributed by atoms with Crippen molar-refractivity contribution in [2.45, 2.75) is 19.1 Å². The molecular weight excluding hydrogens is 230 g/mol. The van der Waals surface area contributed by atoms with E-state index in [0.717, 1.165) is 5.56 Å². The van der Waals surface area contributed by atoms with E-state index in [1.54, 1.807) is 0 Å². The van der Waals surface area contributed by atoms with Crippen LogP contribution in [-0.4, -0.2) is 18.2 Å². The summed E-state index contributed by atoms with van der Waals surface area (Å²) < 4.78 is 0. The number of halogens is 1. The highest BCUT2D eigenvalue weighted by atomic mass is 79.9. The number of nitrogens with one attached hydrogen (secondary N) is 1. The van der Waals surface area contributed by atoms with Gasteiger partial charge in [-0.15, -0.1) is 17.0 Å². The van der Waals surface area contributed by atoms with E-state index in [-0.39, 0.29) is 23.0 Å². The van der Waals surface area contributed by atoms with Crippen LogP contribution in [0.3, 0.4) is 0 Å². The summed E-state index contributed by atoms with van der Waals surface area (Å²) in [7, 11) is 1.84. The molecule has 0 aliphatic heterocycles. The summed E-state index contributed by atoms with van der Waals surface area (Å²) in [5, 5.41) is 12.7. The van der Waals surface area contributed by atoms with Gasteiger partial charge in [-0.2, -0.15) is 0 Å². The molecule has 0 amide bonds. The molecule has 0 bridgehead atoms. The van der Waals surface area contributed by atoms with Crippen LogP contribution in [0.1, 0.15) is 18.6 Å². The maximum absolute atomic E-state index is 9.73. The van der Waals surface area contributed by atoms with Crippen LogP contribution in [0.4, 0.5) is 0 Å². The van der Waals surface area contributed by atoms with Crippen molar-refractivity contribution in [2.75, 3.05) is 7.05 Å². The predicted molar refractivity (Wildman–Crippen MR) is 60.2 cm³/mol. The Morgan fingerprint density at radius 2 is 1.77 bits per heavy atom. The molecule has 0 fully saturated rings. The van der Waals surface area contributed by atoms with Crippen LogP contribution in [0.15, 0.2) is 30.3 Å². The van der Waals surface area contributed by atoms with Crippen molar-refractivity contribution in [3.05, 3.63) is 35.9 Å². The van der Waals surface area contributed by atoms with Gasteiger partial charge in [-0.05, 0) is 19.5 Å². The summed E-state index contributed by atoms with van der Waals surface area (Å²) in [6, 6.07) is 9.76. The number of rotatable bonds is 3. The Bertz CT molecular complexity index is 228. The van der Waals surface area contributed by atoms with Crippen molar-refractivity contribution < 1.29 is 5.11 Å². The van der Waals surface area contributed by atoms with Crippen molar-refractivity contribution in [2.24, 2.45) is 0 Å². The largest absolute Gasteiger partial charge is 0.387 e. The Balaban J connectivity index is 0.00000144. The van der Waals surface area contributed by atoms with Crippen molar-refractivity contribution >= 4 is 17.0 Å². The van der Waals surface area contributed by atoms with Crippen LogP contribution in [-0.2, 0) is 0 Å². The molecule has 0 aliphatic carbocycles. The van der Waals surface area contributed by atoms with Gasteiger partial charge in [0.1, 0.15) is 0 Å². The average molecular weight is 246 g/mol. The molecule has 0 heterocycles. The molecule has 0 aromatic heterocycles. The molecule has 0 spiro atoms. The van der Waals surface area contributed by atoms with Gasteiger partial charge in [-0.1, -0.05) is 30.3 Å². The molecule has 1 rings (SSSR count). The average Bonchev–Trinajstić information content (AvgIpc) is 2.17. The monoisotopic (exact) mass is 245 g/mol. The Morgan fingerprint density at radius 1 is 1.23 bits per heavy atom. The molecule has 2 nitrogen and oxygen atoms in total. The third-order valence-corrected chi connectivity index (χ3v) is 2.07. The van der Waals surface area contributed by atoms with E-state index >= 15 is 0 Å². The van der Waals surface area contributed by atoms with Gasteiger partial charge in [0, 0.05) is 6.04 Å². The van der Waals surface area contributed by atoms with E-state index in [9.17, 15) is 5.11 Å². The Hall–Kier alpha value is -0.380. The zero-order chi connectivity index (χ0) is 8.97. The molecule has 1 aromatic rings. The highest BCUT2D eigenvalue weighted by Crippen LogP contribution is 2.15. The van der Waals surface area contributed by atoms with Crippen LogP contribution in [0.2, 0.25) is 0 Å². The summed E-state index contributed by atoms with van der Waals surface area (Å²) in [4.78, 5) is 0. The number of aliphatic hydroxyl groups excluding tert-OH is 1. The molecule has 2 atom stereocenters. The predicted octanol–water partition coefficient (Wildman–Crippen LogP) is 1.91. The number of hydrogen-bond acceptors (Lipinski definition) is 2. The van der Waals surface area contributed by atoms with Gasteiger partial charge in [-0.3, -0.25) is 0 Å². The third-order valence-electron chi connectivity index (χ3n) is 2.07. The summed E-state index contributed by atoms with van der Waals surface area (Å²) in [6.45, 7) is 1.96. The molecule has 13 heavy (non-hydrogen) atoms. The SMILES string of the molecule is Br.CN[C@@H](C)[C@H](O)c1ccccc1. The highest BCUT2D eigenvalue weighted by Gasteiger charge is 2.12. The van der Waals surface area contributed by atoms with Gasteiger partial charge < -0.3 is 10.4 Å². The van der Waals surface area contributed by atoms with Crippen molar-refractivity contribution in [3.63, 3.8) is 0 Å². The fourth-order valence-electron chi connectivity index (χ4n) is 1.10. The van der Waals surface area contributed by atoms with Crippen LogP contribution in [0, 0.1) is 0 Å². The van der Waals surface area contributed by atoms with E-state index in [1.165, 1.54) is 0 Å². The van der Waals surface area contributed by atoms with E-state index in [0.29, 0.717) is 0 Å². The molecule has 0 aliphatic rings. The Kier molecular flexibility index (Phi) is 5.95. The zero-order valence-corrected chi connectivity index (χ0v) is 9.61. The third kappa shape index (κ3) is 3.46. The lowest BCUT2D eigenvalue weighted by atomic mass is 10.0. The summed E-state index contributed by atoms with van der Waals surface area (Å²) >= 11 is 0. The first-order valence-corrected chi connectivity index (χ1v) is 4.16. The number of likely N-dealkylation sites (N-methyl/N-ethyl adjacent to an activating group) is 1. The molecule has 74 valence electrons. The lowest BCUT2D eigenvalue weighted by molar-refractivity contribution is 0.140. The molecule has 0 unspecified atom stereocenters. The zero-order valence-electron chi connectivity index (χ0n) is 7.90. The van der Waals surface area contributed by atoms with Crippen LogP contribution >= 0.6 is 17.0 Å². The van der Waals surface area contributed by atoms with Crippen LogP contribution < -0.4 is 5.32 Å². The molecule has 1 aromatic carbocycles. The summed E-state index contributed by atoms with van der Waals surface area (Å²) in [5.41, 5.74) is 0.958. The minimum atomic E-state index is -0.420. The second-order valence-electron chi connectivity index (χ2n) is 2.93. The maximum Gasteiger partial charge on any atom is 0.0940 e. The van der Waals surface area contributed by atoms with E-state index in [4.69, 9.17) is 0 Å². The lowest BCUT2D eigenvalue weighted by Gasteiger charge is -2.17. The van der Waals surface area contributed by atoms with E-state index < -0.39 is 6.10 Å². The van der Waals surface area contributed by atoms with Crippen molar-refractivity contribution in [3.8, 4) is 0 Å². The van der Waals surface area contributed by atoms with E-state index in [1.807, 2.05) is 44.3 Å². The quantitative estimate of drug-likeness (QED) is 0.853. The lowest BCUT2D eigenvalue weighted by Crippen LogP contribution is -2.28. The molecule has 0 saturated carbocycles. The van der Waals surface area contributed by atoms with Gasteiger partial charge in [0.25, 0.3) is 0 Å². The number of benzene rings is 1. The Labute approximate surface area is 89.7 Å². The smallest absolute Gasteiger partial charge is 0.0940 e. The van der Waals surface area contributed by atoms with Crippen LogP contribution in [0.5, 0.6) is 0 Å². The summed E-state index contributed by atoms with van der Waals surface area (Å²) in [5.74, 6) is 0. The minimum absolute atomic E-state index is 0. The van der Waals surface area contributed by atoms with Gasteiger partial charge in [0.15, 0.2) is 0 Å². The maximum atomic E-state index is 9.73. The molecule has 2 N–H and O–H groups in total. The summed E-state index contributed by atoms with van der Waals surface area (Å²) in [6.07, 6.45) is -0.420. The van der Waals surface area contributed by atoms with Crippen molar-refractivity contribution in [1.29, 1.82) is 0 Å². The molecule has 3 heteroatoms. The normalized spacial score (nSPS) is 14.4. The van der Waals surface area contributed by atoms with Gasteiger partial charge >= 0.3 is 0 Å². The fraction of sp³-hybridized carbons (Fsp3) is 0.400. The Morgan fingerprint density at radius 3 is 2.23 bits per heavy atom. The van der Waals surface area contributed by atoms with Gasteiger partial charge in [0.05, 0.1) is 6.10 Å². The number of aliphatic hydroxyl groups is 1. The highest BCUT2D eigenvalue weighted by molar-refractivity contribution is 8.93. The van der Waals surface area contributed by atoms with Gasteiger partial charge in [-0.25, -0.2) is 0 Å². The number of hydrogen-bond donors (Lipinski definition) is 2. The molecule has 0 radical (unpaired) electrons. The second kappa shape index (κ2) is 6.13. The first-order valence-electron chi connectivity index (χ1n) is 4.16. The van der Waals surface area contributed by atoms with Crippen LogP contribution in [0.25, 0.3) is 0 Å². The topological polar surface area (TPSA) is 32.3 Å².